The number of hydrogen-bond acceptors (Lipinski definition) is 4. The predicted molar refractivity (Wildman–Crippen MR) is 91.5 cm³/mol. The van der Waals surface area contributed by atoms with Crippen LogP contribution in [-0.4, -0.2) is 21.6 Å². The molecule has 5 heteroatoms. The number of nitrogens with zero attached hydrogens (tertiary/aromatic N) is 3. The molecule has 0 spiro atoms. The molecule has 0 aliphatic carbocycles. The lowest BCUT2D eigenvalue weighted by atomic mass is 10.0. The molecule has 0 fully saturated rings. The van der Waals surface area contributed by atoms with E-state index in [9.17, 15) is 0 Å². The molecule has 0 bridgehead atoms. The summed E-state index contributed by atoms with van der Waals surface area (Å²) in [6, 6.07) is 10.8. The summed E-state index contributed by atoms with van der Waals surface area (Å²) in [7, 11) is 1.74. The zero-order chi connectivity index (χ0) is 15.6. The van der Waals surface area contributed by atoms with E-state index in [0.717, 1.165) is 31.2 Å². The van der Waals surface area contributed by atoms with Gasteiger partial charge in [-0.3, -0.25) is 4.90 Å². The van der Waals surface area contributed by atoms with Crippen molar-refractivity contribution in [3.05, 3.63) is 70.4 Å². The molecule has 4 rings (SSSR count). The Labute approximate surface area is 140 Å². The molecule has 1 aromatic carbocycles. The molecular weight excluding hydrogens is 306 g/mol. The first kappa shape index (κ1) is 14.5. The van der Waals surface area contributed by atoms with Crippen molar-refractivity contribution >= 4 is 11.3 Å². The first-order valence-corrected chi connectivity index (χ1v) is 8.67. The Kier molecular flexibility index (Phi) is 3.89. The second kappa shape index (κ2) is 6.18. The maximum Gasteiger partial charge on any atom is 0.123 e. The van der Waals surface area contributed by atoms with E-state index in [1.165, 1.54) is 11.1 Å². The molecule has 1 aliphatic heterocycles. The normalized spacial score (nSPS) is 17.9. The fourth-order valence-electron chi connectivity index (χ4n) is 3.27. The lowest BCUT2D eigenvalue weighted by Gasteiger charge is -2.36. The molecule has 118 valence electrons. The molecule has 2 aromatic heterocycles. The van der Waals surface area contributed by atoms with Gasteiger partial charge in [-0.05, 0) is 28.5 Å². The Balaban J connectivity index is 1.71. The fraction of sp³-hybridized carbons (Fsp3) is 0.278. The van der Waals surface area contributed by atoms with Crippen LogP contribution in [0.15, 0.2) is 53.5 Å². The third kappa shape index (κ3) is 2.78. The van der Waals surface area contributed by atoms with Gasteiger partial charge in [0.15, 0.2) is 0 Å². The van der Waals surface area contributed by atoms with Gasteiger partial charge in [-0.25, -0.2) is 4.98 Å². The van der Waals surface area contributed by atoms with Crippen LogP contribution in [0.5, 0.6) is 5.75 Å². The number of methoxy groups -OCH3 is 1. The molecule has 3 aromatic rings. The summed E-state index contributed by atoms with van der Waals surface area (Å²) >= 11 is 1.75. The summed E-state index contributed by atoms with van der Waals surface area (Å²) in [5.74, 6) is 2.09. The maximum atomic E-state index is 5.60. The summed E-state index contributed by atoms with van der Waals surface area (Å²) < 4.78 is 7.85. The topological polar surface area (TPSA) is 30.3 Å². The van der Waals surface area contributed by atoms with Gasteiger partial charge >= 0.3 is 0 Å². The largest absolute Gasteiger partial charge is 0.496 e. The molecular formula is C18H19N3OS. The maximum absolute atomic E-state index is 5.60. The fourth-order valence-corrected chi connectivity index (χ4v) is 3.93. The number of hydrogen-bond donors (Lipinski definition) is 0. The minimum absolute atomic E-state index is 0.285. The zero-order valence-electron chi connectivity index (χ0n) is 13.1. The highest BCUT2D eigenvalue weighted by atomic mass is 32.1. The van der Waals surface area contributed by atoms with Gasteiger partial charge in [-0.15, -0.1) is 0 Å². The van der Waals surface area contributed by atoms with Crippen LogP contribution in [0.4, 0.5) is 0 Å². The van der Waals surface area contributed by atoms with Crippen molar-refractivity contribution in [1.29, 1.82) is 0 Å². The number of imidazole rings is 1. The van der Waals surface area contributed by atoms with E-state index >= 15 is 0 Å². The summed E-state index contributed by atoms with van der Waals surface area (Å²) in [6.07, 6.45) is 3.96. The van der Waals surface area contributed by atoms with Gasteiger partial charge < -0.3 is 9.30 Å². The zero-order valence-corrected chi connectivity index (χ0v) is 13.9. The van der Waals surface area contributed by atoms with Gasteiger partial charge in [0.25, 0.3) is 0 Å². The second-order valence-corrected chi connectivity index (χ2v) is 6.57. The average molecular weight is 325 g/mol. The Morgan fingerprint density at radius 2 is 2.22 bits per heavy atom. The minimum atomic E-state index is 0.285. The van der Waals surface area contributed by atoms with Gasteiger partial charge in [0.2, 0.25) is 0 Å². The average Bonchev–Trinajstić information content (AvgIpc) is 3.25. The van der Waals surface area contributed by atoms with Crippen LogP contribution >= 0.6 is 11.3 Å². The van der Waals surface area contributed by atoms with Gasteiger partial charge in [-0.1, -0.05) is 18.2 Å². The quantitative estimate of drug-likeness (QED) is 0.732. The highest BCUT2D eigenvalue weighted by Gasteiger charge is 2.29. The summed E-state index contributed by atoms with van der Waals surface area (Å²) in [5, 5.41) is 4.36. The smallest absolute Gasteiger partial charge is 0.123 e. The van der Waals surface area contributed by atoms with Crippen molar-refractivity contribution in [2.45, 2.75) is 25.7 Å². The van der Waals surface area contributed by atoms with Crippen molar-refractivity contribution in [2.75, 3.05) is 7.11 Å². The number of ether oxygens (including phenoxy) is 1. The number of thiophene rings is 1. The van der Waals surface area contributed by atoms with Crippen LogP contribution in [-0.2, 0) is 19.6 Å². The standard InChI is InChI=1S/C18H19N3OS/c1-22-17-5-3-2-4-15(17)16-11-20-8-7-19-18(20)12-21(16)10-14-6-9-23-13-14/h2-9,13,16H,10-12H2,1H3/t16-/m0/s1. The third-order valence-electron chi connectivity index (χ3n) is 4.42. The first-order valence-electron chi connectivity index (χ1n) is 7.73. The van der Waals surface area contributed by atoms with Crippen molar-refractivity contribution in [1.82, 2.24) is 14.5 Å². The molecule has 0 unspecified atom stereocenters. The molecule has 3 heterocycles. The van der Waals surface area contributed by atoms with Crippen molar-refractivity contribution < 1.29 is 4.74 Å². The van der Waals surface area contributed by atoms with Gasteiger partial charge in [0.1, 0.15) is 11.6 Å². The minimum Gasteiger partial charge on any atom is -0.496 e. The lowest BCUT2D eigenvalue weighted by Crippen LogP contribution is -2.36. The summed E-state index contributed by atoms with van der Waals surface area (Å²) in [4.78, 5) is 6.99. The highest BCUT2D eigenvalue weighted by molar-refractivity contribution is 7.07. The van der Waals surface area contributed by atoms with E-state index in [2.05, 4.69) is 49.6 Å². The van der Waals surface area contributed by atoms with Crippen LogP contribution in [0, 0.1) is 0 Å². The summed E-state index contributed by atoms with van der Waals surface area (Å²) in [5.41, 5.74) is 2.60. The van der Waals surface area contributed by atoms with Crippen molar-refractivity contribution in [3.8, 4) is 5.75 Å². The Bertz CT molecular complexity index is 781. The van der Waals surface area contributed by atoms with E-state index in [0.29, 0.717) is 0 Å². The van der Waals surface area contributed by atoms with Crippen LogP contribution < -0.4 is 4.74 Å². The molecule has 23 heavy (non-hydrogen) atoms. The molecule has 0 N–H and O–H groups in total. The Hall–Kier alpha value is -2.11. The number of fused-ring (bicyclic) bond motifs is 1. The summed E-state index contributed by atoms with van der Waals surface area (Å²) in [6.45, 7) is 2.69. The Morgan fingerprint density at radius 1 is 1.30 bits per heavy atom. The number of benzene rings is 1. The molecule has 0 radical (unpaired) electrons. The van der Waals surface area contributed by atoms with Gasteiger partial charge in [0, 0.05) is 31.0 Å². The van der Waals surface area contributed by atoms with Gasteiger partial charge in [0.05, 0.1) is 19.7 Å². The molecule has 4 nitrogen and oxygen atoms in total. The van der Waals surface area contributed by atoms with E-state index in [1.807, 2.05) is 18.3 Å². The van der Waals surface area contributed by atoms with Crippen LogP contribution in [0.1, 0.15) is 23.0 Å². The molecule has 0 amide bonds. The van der Waals surface area contributed by atoms with E-state index < -0.39 is 0 Å². The van der Waals surface area contributed by atoms with E-state index in [1.54, 1.807) is 18.4 Å². The predicted octanol–water partition coefficient (Wildman–Crippen LogP) is 3.71. The van der Waals surface area contributed by atoms with Crippen molar-refractivity contribution in [3.63, 3.8) is 0 Å². The Morgan fingerprint density at radius 3 is 3.04 bits per heavy atom. The van der Waals surface area contributed by atoms with Crippen LogP contribution in [0.25, 0.3) is 0 Å². The molecule has 0 saturated heterocycles. The lowest BCUT2D eigenvalue weighted by molar-refractivity contribution is 0.126. The van der Waals surface area contributed by atoms with E-state index in [4.69, 9.17) is 4.74 Å². The number of aromatic nitrogens is 2. The van der Waals surface area contributed by atoms with Crippen LogP contribution in [0.3, 0.4) is 0 Å². The third-order valence-corrected chi connectivity index (χ3v) is 5.15. The molecule has 1 aliphatic rings. The molecule has 1 atom stereocenters. The number of para-hydroxylation sites is 1. The second-order valence-electron chi connectivity index (χ2n) is 5.79. The first-order chi connectivity index (χ1) is 11.3. The van der Waals surface area contributed by atoms with Crippen molar-refractivity contribution in [2.24, 2.45) is 0 Å². The monoisotopic (exact) mass is 325 g/mol. The van der Waals surface area contributed by atoms with Gasteiger partial charge in [-0.2, -0.15) is 11.3 Å². The highest BCUT2D eigenvalue weighted by Crippen LogP contribution is 2.35. The SMILES string of the molecule is COc1ccccc1[C@@H]1Cn2ccnc2CN1Cc1ccsc1. The number of rotatable bonds is 4. The van der Waals surface area contributed by atoms with Crippen LogP contribution in [0.2, 0.25) is 0 Å². The van der Waals surface area contributed by atoms with E-state index in [-0.39, 0.29) is 6.04 Å². The molecule has 0 saturated carbocycles.